The second kappa shape index (κ2) is 13.6. The molecule has 3 aromatic rings. The average Bonchev–Trinajstić information content (AvgIpc) is 2.99. The fraction of sp³-hybridized carbons (Fsp3) is 0.312. The Labute approximate surface area is 247 Å². The van der Waals surface area contributed by atoms with Crippen LogP contribution in [0.2, 0.25) is 0 Å². The molecule has 0 aromatic heterocycles. The minimum atomic E-state index is -4.60. The molecule has 11 heteroatoms. The van der Waals surface area contributed by atoms with E-state index in [1.165, 1.54) is 24.0 Å². The molecular weight excluding hydrogens is 561 g/mol. The zero-order valence-electron chi connectivity index (χ0n) is 23.6. The second-order valence-electron chi connectivity index (χ2n) is 10.5. The van der Waals surface area contributed by atoms with E-state index < -0.39 is 41.5 Å². The predicted molar refractivity (Wildman–Crippen MR) is 155 cm³/mol. The van der Waals surface area contributed by atoms with Crippen molar-refractivity contribution < 1.29 is 32.3 Å². The summed E-state index contributed by atoms with van der Waals surface area (Å²) in [6.07, 6.45) is -4.55. The van der Waals surface area contributed by atoms with Gasteiger partial charge in [0.05, 0.1) is 5.56 Å². The number of nitrogens with zero attached hydrogens (tertiary/aromatic N) is 1. The zero-order valence-corrected chi connectivity index (χ0v) is 23.6. The van der Waals surface area contributed by atoms with E-state index in [1.54, 1.807) is 30.3 Å². The van der Waals surface area contributed by atoms with Crippen LogP contribution in [-0.4, -0.2) is 47.0 Å². The van der Waals surface area contributed by atoms with E-state index in [9.17, 15) is 32.3 Å². The van der Waals surface area contributed by atoms with Crippen molar-refractivity contribution >= 4 is 29.2 Å². The summed E-state index contributed by atoms with van der Waals surface area (Å²) < 4.78 is 40.1. The molecule has 0 bridgehead atoms. The quantitative estimate of drug-likeness (QED) is 0.301. The number of Topliss-reactive ketones (excluding diaryl/α,β-unsaturated/α-hetero) is 1. The Bertz CT molecular complexity index is 1490. The maximum Gasteiger partial charge on any atom is 0.416 e. The van der Waals surface area contributed by atoms with Gasteiger partial charge >= 0.3 is 6.18 Å². The Kier molecular flexibility index (Phi) is 9.97. The smallest absolute Gasteiger partial charge is 0.342 e. The lowest BCUT2D eigenvalue weighted by Crippen LogP contribution is -2.56. The highest BCUT2D eigenvalue weighted by molar-refractivity contribution is 6.00. The van der Waals surface area contributed by atoms with Crippen LogP contribution in [0.3, 0.4) is 0 Å². The predicted octanol–water partition coefficient (Wildman–Crippen LogP) is 4.40. The van der Waals surface area contributed by atoms with Crippen molar-refractivity contribution in [3.05, 3.63) is 101 Å². The molecule has 0 fully saturated rings. The van der Waals surface area contributed by atoms with Crippen LogP contribution in [-0.2, 0) is 33.5 Å². The van der Waals surface area contributed by atoms with Crippen molar-refractivity contribution in [2.45, 2.75) is 57.4 Å². The molecule has 0 radical (unpaired) electrons. The summed E-state index contributed by atoms with van der Waals surface area (Å²) in [5, 5.41) is 5.10. The monoisotopic (exact) mass is 594 g/mol. The number of anilines is 1. The van der Waals surface area contributed by atoms with E-state index in [-0.39, 0.29) is 55.8 Å². The number of nitrogens with two attached hydrogens (primary N) is 1. The normalized spacial score (nSPS) is 15.3. The number of fused-ring (bicyclic) bond motifs is 1. The fourth-order valence-corrected chi connectivity index (χ4v) is 5.09. The highest BCUT2D eigenvalue weighted by Gasteiger charge is 2.36. The number of carbonyl (C=O) groups excluding carboxylic acids is 4. The Hall–Kier alpha value is -4.51. The number of alkyl halides is 3. The number of halogens is 3. The molecule has 4 N–H and O–H groups in total. The largest absolute Gasteiger partial charge is 0.416 e. The molecule has 8 nitrogen and oxygen atoms in total. The van der Waals surface area contributed by atoms with E-state index in [4.69, 9.17) is 5.73 Å². The summed E-state index contributed by atoms with van der Waals surface area (Å²) in [6, 6.07) is 17.3. The van der Waals surface area contributed by atoms with E-state index in [0.717, 1.165) is 17.2 Å². The van der Waals surface area contributed by atoms with Crippen molar-refractivity contribution in [3.8, 4) is 0 Å². The molecule has 1 aliphatic heterocycles. The highest BCUT2D eigenvalue weighted by atomic mass is 19.4. The number of amides is 3. The average molecular weight is 595 g/mol. The number of nitrogens with one attached hydrogen (secondary N) is 2. The first-order valence-corrected chi connectivity index (χ1v) is 13.9. The highest BCUT2D eigenvalue weighted by Crippen LogP contribution is 2.33. The fourth-order valence-electron chi connectivity index (χ4n) is 5.09. The molecule has 0 spiro atoms. The molecule has 0 aliphatic carbocycles. The maximum absolute atomic E-state index is 13.6. The van der Waals surface area contributed by atoms with Gasteiger partial charge in [0.1, 0.15) is 12.1 Å². The molecule has 1 heterocycles. The molecule has 1 aliphatic rings. The molecule has 0 unspecified atom stereocenters. The van der Waals surface area contributed by atoms with Gasteiger partial charge in [-0.1, -0.05) is 60.7 Å². The van der Waals surface area contributed by atoms with Gasteiger partial charge in [-0.15, -0.1) is 0 Å². The first-order chi connectivity index (χ1) is 20.5. The molecule has 3 amide bonds. The summed E-state index contributed by atoms with van der Waals surface area (Å²) in [5.74, 6) is -1.93. The lowest BCUT2D eigenvalue weighted by molar-refractivity contribution is -0.142. The van der Waals surface area contributed by atoms with Gasteiger partial charge in [0.15, 0.2) is 5.78 Å². The van der Waals surface area contributed by atoms with E-state index in [0.29, 0.717) is 5.56 Å². The van der Waals surface area contributed by atoms with Crippen LogP contribution in [0.4, 0.5) is 18.9 Å². The topological polar surface area (TPSA) is 122 Å². The standard InChI is InChI=1S/C32H33F3N4O4/c1-20-11-12-24(18-25(20)32(33,34)35)37-30(42)26(15-16-36)38-31(43)27-17-22-9-5-6-10-23(22)19-39(27)29(41)14-13-28(40)21-7-3-2-4-8-21/h2-12,18,26-27H,13-17,19,36H2,1H3,(H,37,42)(H,38,43)/t26-,27-/m0/s1. The van der Waals surface area contributed by atoms with Gasteiger partial charge in [-0.3, -0.25) is 19.2 Å². The summed E-state index contributed by atoms with van der Waals surface area (Å²) >= 11 is 0. The summed E-state index contributed by atoms with van der Waals surface area (Å²) in [4.78, 5) is 54.1. The number of hydrogen-bond donors (Lipinski definition) is 3. The number of benzene rings is 3. The van der Waals surface area contributed by atoms with Crippen molar-refractivity contribution in [3.63, 3.8) is 0 Å². The van der Waals surface area contributed by atoms with Gasteiger partial charge in [-0.05, 0) is 48.7 Å². The summed E-state index contributed by atoms with van der Waals surface area (Å²) in [7, 11) is 0. The van der Waals surface area contributed by atoms with Crippen LogP contribution < -0.4 is 16.4 Å². The van der Waals surface area contributed by atoms with Crippen molar-refractivity contribution in [1.29, 1.82) is 0 Å². The number of aryl methyl sites for hydroxylation is 1. The minimum absolute atomic E-state index is 0.00474. The third-order valence-corrected chi connectivity index (χ3v) is 7.43. The molecule has 3 aromatic carbocycles. The van der Waals surface area contributed by atoms with Gasteiger partial charge in [-0.2, -0.15) is 13.2 Å². The van der Waals surface area contributed by atoms with Crippen LogP contribution in [0.1, 0.15) is 51.9 Å². The van der Waals surface area contributed by atoms with Crippen molar-refractivity contribution in [2.24, 2.45) is 5.73 Å². The van der Waals surface area contributed by atoms with Gasteiger partial charge in [0.25, 0.3) is 0 Å². The number of carbonyl (C=O) groups is 4. The third-order valence-electron chi connectivity index (χ3n) is 7.43. The second-order valence-corrected chi connectivity index (χ2v) is 10.5. The number of rotatable bonds is 10. The number of ketones is 1. The molecule has 43 heavy (non-hydrogen) atoms. The maximum atomic E-state index is 13.6. The molecule has 2 atom stereocenters. The molecule has 226 valence electrons. The van der Waals surface area contributed by atoms with Crippen LogP contribution in [0.25, 0.3) is 0 Å². The van der Waals surface area contributed by atoms with E-state index in [2.05, 4.69) is 10.6 Å². The van der Waals surface area contributed by atoms with Crippen molar-refractivity contribution in [1.82, 2.24) is 10.2 Å². The first-order valence-electron chi connectivity index (χ1n) is 13.9. The molecule has 0 saturated heterocycles. The van der Waals surface area contributed by atoms with Crippen molar-refractivity contribution in [2.75, 3.05) is 11.9 Å². The molecule has 4 rings (SSSR count). The molecule has 0 saturated carbocycles. The van der Waals surface area contributed by atoms with Crippen LogP contribution >= 0.6 is 0 Å². The Morgan fingerprint density at radius 2 is 1.63 bits per heavy atom. The first kappa shape index (κ1) is 31.4. The SMILES string of the molecule is Cc1ccc(NC(=O)[C@H](CCN)NC(=O)[C@@H]2Cc3ccccc3CN2C(=O)CCC(=O)c2ccccc2)cc1C(F)(F)F. The van der Waals surface area contributed by atoms with E-state index >= 15 is 0 Å². The Balaban J connectivity index is 1.50. The van der Waals surface area contributed by atoms with Gasteiger partial charge in [-0.25, -0.2) is 0 Å². The lowest BCUT2D eigenvalue weighted by Gasteiger charge is -2.36. The van der Waals surface area contributed by atoms with Gasteiger partial charge in [0.2, 0.25) is 17.7 Å². The minimum Gasteiger partial charge on any atom is -0.342 e. The zero-order chi connectivity index (χ0) is 31.1. The summed E-state index contributed by atoms with van der Waals surface area (Å²) in [6.45, 7) is 1.47. The number of hydrogen-bond acceptors (Lipinski definition) is 5. The van der Waals surface area contributed by atoms with E-state index in [1.807, 2.05) is 24.3 Å². The third kappa shape index (κ3) is 7.86. The van der Waals surface area contributed by atoms with Crippen LogP contribution in [0.15, 0.2) is 72.8 Å². The Morgan fingerprint density at radius 3 is 2.30 bits per heavy atom. The lowest BCUT2D eigenvalue weighted by atomic mass is 9.92. The molecular formula is C32H33F3N4O4. The van der Waals surface area contributed by atoms with Crippen LogP contribution in [0.5, 0.6) is 0 Å². The van der Waals surface area contributed by atoms with Gasteiger partial charge in [0, 0.05) is 37.1 Å². The van der Waals surface area contributed by atoms with Crippen LogP contribution in [0, 0.1) is 6.92 Å². The van der Waals surface area contributed by atoms with Gasteiger partial charge < -0.3 is 21.3 Å². The summed E-state index contributed by atoms with van der Waals surface area (Å²) in [5.41, 5.74) is 6.96. The Morgan fingerprint density at radius 1 is 0.953 bits per heavy atom.